The van der Waals surface area contributed by atoms with Gasteiger partial charge < -0.3 is 9.47 Å². The van der Waals surface area contributed by atoms with Crippen LogP contribution in [-0.2, 0) is 13.5 Å². The highest BCUT2D eigenvalue weighted by molar-refractivity contribution is 5.96. The van der Waals surface area contributed by atoms with Gasteiger partial charge in [-0.1, -0.05) is 48.5 Å². The highest BCUT2D eigenvalue weighted by Crippen LogP contribution is 2.33. The number of nitro groups is 1. The summed E-state index contributed by atoms with van der Waals surface area (Å²) in [5, 5.41) is 12.5. The van der Waals surface area contributed by atoms with Gasteiger partial charge in [0.1, 0.15) is 5.69 Å². The van der Waals surface area contributed by atoms with Gasteiger partial charge in [0.2, 0.25) is 0 Å². The quantitative estimate of drug-likeness (QED) is 0.493. The van der Waals surface area contributed by atoms with Crippen LogP contribution < -0.4 is 10.5 Å². The van der Waals surface area contributed by atoms with E-state index in [0.717, 1.165) is 31.4 Å². The van der Waals surface area contributed by atoms with Gasteiger partial charge in [-0.25, -0.2) is 0 Å². The first-order chi connectivity index (χ1) is 14.1. The fraction of sp³-hybridized carbons (Fsp3) is 0.318. The summed E-state index contributed by atoms with van der Waals surface area (Å²) in [6.07, 6.45) is 0.982. The summed E-state index contributed by atoms with van der Waals surface area (Å²) in [5.41, 5.74) is 1.59. The third-order valence-corrected chi connectivity index (χ3v) is 5.68. The molecule has 29 heavy (non-hydrogen) atoms. The topological polar surface area (TPSA) is 71.6 Å². The Morgan fingerprint density at radius 1 is 0.966 bits per heavy atom. The summed E-state index contributed by atoms with van der Waals surface area (Å²) in [5.74, 6) is 0. The molecule has 7 heteroatoms. The van der Waals surface area contributed by atoms with Crippen molar-refractivity contribution in [3.05, 3.63) is 80.6 Å². The fourth-order valence-electron chi connectivity index (χ4n) is 4.08. The molecule has 0 radical (unpaired) electrons. The lowest BCUT2D eigenvalue weighted by Gasteiger charge is -2.36. The van der Waals surface area contributed by atoms with Crippen LogP contribution in [0, 0.1) is 10.1 Å². The zero-order valence-electron chi connectivity index (χ0n) is 16.5. The first-order valence-corrected chi connectivity index (χ1v) is 9.83. The van der Waals surface area contributed by atoms with Crippen LogP contribution in [0.3, 0.4) is 0 Å². The number of benzene rings is 2. The highest BCUT2D eigenvalue weighted by atomic mass is 16.6. The van der Waals surface area contributed by atoms with Gasteiger partial charge in [0, 0.05) is 45.2 Å². The fourth-order valence-corrected chi connectivity index (χ4v) is 4.08. The largest absolute Gasteiger partial charge is 0.363 e. The highest BCUT2D eigenvalue weighted by Gasteiger charge is 2.30. The number of hydrogen-bond donors (Lipinski definition) is 0. The van der Waals surface area contributed by atoms with Crippen LogP contribution in [0.5, 0.6) is 0 Å². The zero-order chi connectivity index (χ0) is 20.4. The number of aryl methyl sites for hydroxylation is 1. The van der Waals surface area contributed by atoms with Crippen molar-refractivity contribution in [2.75, 3.05) is 37.6 Å². The Balaban J connectivity index is 1.58. The molecule has 2 heterocycles. The van der Waals surface area contributed by atoms with Crippen molar-refractivity contribution in [3.63, 3.8) is 0 Å². The van der Waals surface area contributed by atoms with Gasteiger partial charge >= 0.3 is 11.2 Å². The molecule has 1 saturated heterocycles. The Bertz CT molecular complexity index is 1090. The Morgan fingerprint density at radius 3 is 2.31 bits per heavy atom. The lowest BCUT2D eigenvalue weighted by Crippen LogP contribution is -2.47. The van der Waals surface area contributed by atoms with Crippen LogP contribution in [0.4, 0.5) is 11.4 Å². The second-order valence-electron chi connectivity index (χ2n) is 7.40. The molecule has 1 fully saturated rings. The van der Waals surface area contributed by atoms with Crippen LogP contribution in [0.15, 0.2) is 59.4 Å². The number of aromatic nitrogens is 1. The number of rotatable bonds is 5. The number of fused-ring (bicyclic) bond motifs is 1. The molecule has 1 aliphatic rings. The second kappa shape index (κ2) is 8.05. The van der Waals surface area contributed by atoms with Crippen LogP contribution in [-0.4, -0.2) is 47.1 Å². The van der Waals surface area contributed by atoms with E-state index >= 15 is 0 Å². The normalized spacial score (nSPS) is 15.0. The number of para-hydroxylation sites is 1. The van der Waals surface area contributed by atoms with Gasteiger partial charge in [-0.3, -0.25) is 19.8 Å². The summed E-state index contributed by atoms with van der Waals surface area (Å²) in [7, 11) is 1.59. The molecule has 2 aromatic carbocycles. The Hall–Kier alpha value is -3.19. The molecular weight excluding hydrogens is 368 g/mol. The average Bonchev–Trinajstić information content (AvgIpc) is 2.75. The second-order valence-corrected chi connectivity index (χ2v) is 7.40. The van der Waals surface area contributed by atoms with E-state index in [1.165, 1.54) is 10.1 Å². The molecule has 0 aliphatic carbocycles. The van der Waals surface area contributed by atoms with Gasteiger partial charge in [-0.05, 0) is 18.1 Å². The van der Waals surface area contributed by atoms with Crippen molar-refractivity contribution in [1.29, 1.82) is 0 Å². The molecule has 0 spiro atoms. The van der Waals surface area contributed by atoms with Gasteiger partial charge in [0.05, 0.1) is 10.4 Å². The van der Waals surface area contributed by atoms with Crippen molar-refractivity contribution in [2.45, 2.75) is 6.42 Å². The van der Waals surface area contributed by atoms with E-state index in [9.17, 15) is 14.9 Å². The molecule has 1 aromatic heterocycles. The minimum atomic E-state index is -0.560. The summed E-state index contributed by atoms with van der Waals surface area (Å²) in [4.78, 5) is 28.3. The van der Waals surface area contributed by atoms with E-state index in [0.29, 0.717) is 24.3 Å². The van der Waals surface area contributed by atoms with E-state index in [2.05, 4.69) is 17.0 Å². The number of anilines is 1. The molecule has 7 nitrogen and oxygen atoms in total. The van der Waals surface area contributed by atoms with Crippen molar-refractivity contribution >= 4 is 22.3 Å². The maximum absolute atomic E-state index is 12.7. The van der Waals surface area contributed by atoms with Gasteiger partial charge in [-0.15, -0.1) is 0 Å². The maximum atomic E-state index is 12.7. The number of piperazine rings is 1. The molecule has 0 bridgehead atoms. The van der Waals surface area contributed by atoms with Crippen molar-refractivity contribution in [3.8, 4) is 0 Å². The van der Waals surface area contributed by atoms with E-state index < -0.39 is 10.5 Å². The molecule has 0 saturated carbocycles. The molecule has 3 aromatic rings. The first-order valence-electron chi connectivity index (χ1n) is 9.83. The zero-order valence-corrected chi connectivity index (χ0v) is 16.5. The van der Waals surface area contributed by atoms with Crippen LogP contribution >= 0.6 is 0 Å². The monoisotopic (exact) mass is 392 g/mol. The Labute approximate surface area is 168 Å². The maximum Gasteiger partial charge on any atom is 0.357 e. The van der Waals surface area contributed by atoms with Crippen molar-refractivity contribution < 1.29 is 4.92 Å². The van der Waals surface area contributed by atoms with Crippen LogP contribution in [0.2, 0.25) is 0 Å². The SMILES string of the molecule is Cn1c(=O)c([N+](=O)[O-])c(N2CCN(CCc3ccccc3)CC2)c2ccccc21. The Morgan fingerprint density at radius 2 is 1.62 bits per heavy atom. The standard InChI is InChI=1S/C22H24N4O3/c1-23-19-10-6-5-9-18(19)20(21(22(23)27)26(28)29)25-15-13-24(14-16-25)12-11-17-7-3-2-4-8-17/h2-10H,11-16H2,1H3. The number of nitrogens with zero attached hydrogens (tertiary/aromatic N) is 4. The first kappa shape index (κ1) is 19.1. The molecular formula is C22H24N4O3. The predicted octanol–water partition coefficient (Wildman–Crippen LogP) is 2.81. The van der Waals surface area contributed by atoms with E-state index in [1.54, 1.807) is 7.05 Å². The van der Waals surface area contributed by atoms with Gasteiger partial charge in [0.15, 0.2) is 0 Å². The lowest BCUT2D eigenvalue weighted by molar-refractivity contribution is -0.385. The summed E-state index contributed by atoms with van der Waals surface area (Å²) < 4.78 is 1.37. The molecule has 1 aliphatic heterocycles. The van der Waals surface area contributed by atoms with E-state index in [1.807, 2.05) is 47.4 Å². The van der Waals surface area contributed by atoms with Gasteiger partial charge in [0.25, 0.3) is 0 Å². The summed E-state index contributed by atoms with van der Waals surface area (Å²) >= 11 is 0. The number of pyridine rings is 1. The molecule has 4 rings (SSSR count). The van der Waals surface area contributed by atoms with E-state index in [-0.39, 0.29) is 5.69 Å². The smallest absolute Gasteiger partial charge is 0.357 e. The molecule has 0 unspecified atom stereocenters. The lowest BCUT2D eigenvalue weighted by atomic mass is 10.1. The number of hydrogen-bond acceptors (Lipinski definition) is 5. The Kier molecular flexibility index (Phi) is 5.31. The molecule has 0 atom stereocenters. The average molecular weight is 392 g/mol. The molecule has 0 N–H and O–H groups in total. The molecule has 150 valence electrons. The van der Waals surface area contributed by atoms with Crippen molar-refractivity contribution in [1.82, 2.24) is 9.47 Å². The minimum Gasteiger partial charge on any atom is -0.363 e. The van der Waals surface area contributed by atoms with E-state index in [4.69, 9.17) is 0 Å². The summed E-state index contributed by atoms with van der Waals surface area (Å²) in [6, 6.07) is 17.8. The summed E-state index contributed by atoms with van der Waals surface area (Å²) in [6.45, 7) is 3.90. The van der Waals surface area contributed by atoms with Gasteiger partial charge in [-0.2, -0.15) is 0 Å². The molecule has 0 amide bonds. The van der Waals surface area contributed by atoms with Crippen molar-refractivity contribution in [2.24, 2.45) is 7.05 Å². The third-order valence-electron chi connectivity index (χ3n) is 5.68. The third kappa shape index (κ3) is 3.73. The van der Waals surface area contributed by atoms with Crippen LogP contribution in [0.1, 0.15) is 5.56 Å². The van der Waals surface area contributed by atoms with Crippen LogP contribution in [0.25, 0.3) is 10.9 Å². The minimum absolute atomic E-state index is 0.330. The predicted molar refractivity (Wildman–Crippen MR) is 115 cm³/mol.